The Kier molecular flexibility index (Phi) is 3.43. The molecule has 4 rings (SSSR count). The molecule has 4 aliphatic rings. The lowest BCUT2D eigenvalue weighted by atomic mass is 9.86. The first-order valence-electron chi connectivity index (χ1n) is 8.80. The predicted octanol–water partition coefficient (Wildman–Crippen LogP) is 1.94. The summed E-state index contributed by atoms with van der Waals surface area (Å²) in [6.07, 6.45) is 9.16. The maximum absolute atomic E-state index is 12.8. The predicted molar refractivity (Wildman–Crippen MR) is 79.4 cm³/mol. The molecule has 1 heterocycles. The molecule has 0 aromatic carbocycles. The van der Waals surface area contributed by atoms with Crippen LogP contribution in [0.15, 0.2) is 0 Å². The highest BCUT2D eigenvalue weighted by molar-refractivity contribution is 5.83. The normalized spacial score (nSPS) is 38.6. The molecule has 2 amide bonds. The van der Waals surface area contributed by atoms with E-state index in [-0.39, 0.29) is 17.7 Å². The third-order valence-electron chi connectivity index (χ3n) is 6.08. The second kappa shape index (κ2) is 5.29. The van der Waals surface area contributed by atoms with E-state index in [1.54, 1.807) is 0 Å². The van der Waals surface area contributed by atoms with E-state index in [9.17, 15) is 9.59 Å². The fourth-order valence-corrected chi connectivity index (χ4v) is 4.72. The lowest BCUT2D eigenvalue weighted by Crippen LogP contribution is -2.48. The van der Waals surface area contributed by atoms with Crippen LogP contribution < -0.4 is 5.32 Å². The lowest BCUT2D eigenvalue weighted by molar-refractivity contribution is -0.140. The van der Waals surface area contributed by atoms with Crippen LogP contribution in [0.25, 0.3) is 0 Å². The minimum Gasteiger partial charge on any atom is -0.353 e. The first-order valence-corrected chi connectivity index (χ1v) is 8.80. The van der Waals surface area contributed by atoms with Gasteiger partial charge in [-0.15, -0.1) is 0 Å². The molecule has 3 saturated carbocycles. The number of nitrogens with zero attached hydrogens (tertiary/aromatic N) is 1. The van der Waals surface area contributed by atoms with Crippen molar-refractivity contribution in [2.75, 3.05) is 13.1 Å². The molecule has 4 nitrogen and oxygen atoms in total. The molecule has 3 aliphatic carbocycles. The minimum atomic E-state index is 0.0295. The highest BCUT2D eigenvalue weighted by Crippen LogP contribution is 2.49. The van der Waals surface area contributed by atoms with Crippen molar-refractivity contribution in [2.45, 2.75) is 57.4 Å². The summed E-state index contributed by atoms with van der Waals surface area (Å²) in [5.41, 5.74) is 0. The molecule has 4 heteroatoms. The van der Waals surface area contributed by atoms with E-state index in [0.717, 1.165) is 44.6 Å². The Hall–Kier alpha value is -1.06. The molecule has 4 atom stereocenters. The zero-order valence-corrected chi connectivity index (χ0v) is 12.7. The second-order valence-corrected chi connectivity index (χ2v) is 7.69. The molecule has 21 heavy (non-hydrogen) atoms. The highest BCUT2D eigenvalue weighted by Gasteiger charge is 2.45. The van der Waals surface area contributed by atoms with E-state index in [1.165, 1.54) is 19.3 Å². The van der Waals surface area contributed by atoms with Crippen LogP contribution in [0.2, 0.25) is 0 Å². The molecule has 1 aliphatic heterocycles. The summed E-state index contributed by atoms with van der Waals surface area (Å²) >= 11 is 0. The maximum Gasteiger partial charge on any atom is 0.225 e. The summed E-state index contributed by atoms with van der Waals surface area (Å²) in [6, 6.07) is 0.425. The lowest BCUT2D eigenvalue weighted by Gasteiger charge is -2.35. The van der Waals surface area contributed by atoms with Gasteiger partial charge in [-0.2, -0.15) is 0 Å². The molecule has 1 saturated heterocycles. The number of rotatable bonds is 3. The molecule has 0 aromatic heterocycles. The van der Waals surface area contributed by atoms with Crippen molar-refractivity contribution >= 4 is 11.8 Å². The Labute approximate surface area is 126 Å². The van der Waals surface area contributed by atoms with E-state index in [0.29, 0.717) is 24.4 Å². The van der Waals surface area contributed by atoms with Gasteiger partial charge in [0.05, 0.1) is 5.92 Å². The van der Waals surface area contributed by atoms with Crippen LogP contribution in [0.4, 0.5) is 0 Å². The van der Waals surface area contributed by atoms with Crippen molar-refractivity contribution in [1.82, 2.24) is 10.2 Å². The molecule has 4 fully saturated rings. The molecule has 0 radical (unpaired) electrons. The largest absolute Gasteiger partial charge is 0.353 e. The summed E-state index contributed by atoms with van der Waals surface area (Å²) in [4.78, 5) is 27.0. The average Bonchev–Trinajstić information content (AvgIpc) is 3.07. The first kappa shape index (κ1) is 13.6. The maximum atomic E-state index is 12.8. The fourth-order valence-electron chi connectivity index (χ4n) is 4.72. The molecule has 0 unspecified atom stereocenters. The summed E-state index contributed by atoms with van der Waals surface area (Å²) in [7, 11) is 0. The zero-order valence-electron chi connectivity index (χ0n) is 12.7. The van der Waals surface area contributed by atoms with E-state index < -0.39 is 0 Å². The molecular formula is C17H26N2O2. The number of nitrogens with one attached hydrogen (secondary N) is 1. The molecule has 116 valence electrons. The summed E-state index contributed by atoms with van der Waals surface area (Å²) in [5, 5.41) is 3.10. The molecule has 0 spiro atoms. The highest BCUT2D eigenvalue weighted by atomic mass is 16.2. The van der Waals surface area contributed by atoms with Crippen LogP contribution in [-0.2, 0) is 9.59 Å². The van der Waals surface area contributed by atoms with Gasteiger partial charge in [0, 0.05) is 25.0 Å². The van der Waals surface area contributed by atoms with Crippen molar-refractivity contribution in [3.05, 3.63) is 0 Å². The fraction of sp³-hybridized carbons (Fsp3) is 0.882. The van der Waals surface area contributed by atoms with Crippen molar-refractivity contribution in [2.24, 2.45) is 23.7 Å². The van der Waals surface area contributed by atoms with Crippen LogP contribution in [0.1, 0.15) is 51.4 Å². The van der Waals surface area contributed by atoms with Crippen molar-refractivity contribution in [3.8, 4) is 0 Å². The number of fused-ring (bicyclic) bond motifs is 2. The Balaban J connectivity index is 1.36. The Morgan fingerprint density at radius 1 is 1.00 bits per heavy atom. The zero-order chi connectivity index (χ0) is 14.4. The molecular weight excluding hydrogens is 264 g/mol. The van der Waals surface area contributed by atoms with E-state index in [1.807, 2.05) is 4.90 Å². The SMILES string of the molecule is O=C(NC1CC1)[C@H]1CCCN(C(=O)[C@@H]2C[C@H]3CC[C@H]2C3)C1. The van der Waals surface area contributed by atoms with Gasteiger partial charge in [-0.3, -0.25) is 9.59 Å². The first-order chi connectivity index (χ1) is 10.2. The van der Waals surface area contributed by atoms with Crippen LogP contribution in [0.3, 0.4) is 0 Å². The Morgan fingerprint density at radius 2 is 1.86 bits per heavy atom. The van der Waals surface area contributed by atoms with E-state index in [4.69, 9.17) is 0 Å². The van der Waals surface area contributed by atoms with Gasteiger partial charge in [0.25, 0.3) is 0 Å². The van der Waals surface area contributed by atoms with Gasteiger partial charge in [0.1, 0.15) is 0 Å². The smallest absolute Gasteiger partial charge is 0.225 e. The average molecular weight is 290 g/mol. The van der Waals surface area contributed by atoms with Gasteiger partial charge in [0.2, 0.25) is 11.8 Å². The quantitative estimate of drug-likeness (QED) is 0.863. The van der Waals surface area contributed by atoms with Crippen molar-refractivity contribution in [3.63, 3.8) is 0 Å². The van der Waals surface area contributed by atoms with Crippen molar-refractivity contribution < 1.29 is 9.59 Å². The Bertz CT molecular complexity index is 446. The third-order valence-corrected chi connectivity index (χ3v) is 6.08. The topological polar surface area (TPSA) is 49.4 Å². The number of hydrogen-bond donors (Lipinski definition) is 1. The molecule has 1 N–H and O–H groups in total. The second-order valence-electron chi connectivity index (χ2n) is 7.69. The van der Waals surface area contributed by atoms with Gasteiger partial charge < -0.3 is 10.2 Å². The molecule has 0 aromatic rings. The number of carbonyl (C=O) groups excluding carboxylic acids is 2. The number of amides is 2. The number of likely N-dealkylation sites (tertiary alicyclic amines) is 1. The van der Waals surface area contributed by atoms with Crippen LogP contribution in [0, 0.1) is 23.7 Å². The standard InChI is InChI=1S/C17H26N2O2/c20-16(18-14-5-6-14)13-2-1-7-19(10-13)17(21)15-9-11-3-4-12(15)8-11/h11-15H,1-10H2,(H,18,20)/t11-,12-,13-,15+/m0/s1. The summed E-state index contributed by atoms with van der Waals surface area (Å²) < 4.78 is 0. The Morgan fingerprint density at radius 3 is 2.52 bits per heavy atom. The van der Waals surface area contributed by atoms with Crippen LogP contribution >= 0.6 is 0 Å². The van der Waals surface area contributed by atoms with Gasteiger partial charge in [-0.25, -0.2) is 0 Å². The van der Waals surface area contributed by atoms with Gasteiger partial charge >= 0.3 is 0 Å². The van der Waals surface area contributed by atoms with E-state index >= 15 is 0 Å². The summed E-state index contributed by atoms with van der Waals surface area (Å²) in [6.45, 7) is 1.52. The van der Waals surface area contributed by atoms with E-state index in [2.05, 4.69) is 5.32 Å². The van der Waals surface area contributed by atoms with Gasteiger partial charge in [0.15, 0.2) is 0 Å². The molecule has 2 bridgehead atoms. The van der Waals surface area contributed by atoms with Gasteiger partial charge in [-0.05, 0) is 56.8 Å². The monoisotopic (exact) mass is 290 g/mol. The number of piperidine rings is 1. The number of hydrogen-bond acceptors (Lipinski definition) is 2. The summed E-state index contributed by atoms with van der Waals surface area (Å²) in [5.74, 6) is 2.29. The third kappa shape index (κ3) is 2.69. The van der Waals surface area contributed by atoms with Crippen molar-refractivity contribution in [1.29, 1.82) is 0 Å². The number of carbonyl (C=O) groups is 2. The van der Waals surface area contributed by atoms with Crippen LogP contribution in [-0.4, -0.2) is 35.8 Å². The van der Waals surface area contributed by atoms with Crippen LogP contribution in [0.5, 0.6) is 0 Å². The van der Waals surface area contributed by atoms with Gasteiger partial charge in [-0.1, -0.05) is 6.42 Å². The minimum absolute atomic E-state index is 0.0295.